The van der Waals surface area contributed by atoms with E-state index in [1.54, 1.807) is 6.21 Å². The number of hydrazone groups is 1. The number of hydrogen-bond donors (Lipinski definition) is 6. The Kier molecular flexibility index (Phi) is 6.36. The number of benzene rings is 1. The third kappa shape index (κ3) is 4.44. The Balaban J connectivity index is 1.42. The number of anilines is 3. The standard InChI is InChI=1S/C21H26N8O6/c22-20-25-17-14(18(33)26-20)24-21(29(17)19-16(32)15(31)13(10-30)35-19)27-23-9-11-1-3-12(4-2-11)28-5-7-34-8-6-28/h1-4,9,13,15-16,19,30-32H,5-8,10H2,(H,24,27)(H3,22,25,26,33)/b23-9-/t13-,15+,16+,19+/m0/s1. The number of hydrogen-bond acceptors (Lipinski definition) is 12. The predicted octanol–water partition coefficient (Wildman–Crippen LogP) is -1.40. The summed E-state index contributed by atoms with van der Waals surface area (Å²) in [4.78, 5) is 25.3. The van der Waals surface area contributed by atoms with Crippen LogP contribution in [0.15, 0.2) is 34.2 Å². The molecule has 2 aromatic heterocycles. The van der Waals surface area contributed by atoms with Crippen LogP contribution in [0.5, 0.6) is 0 Å². The fourth-order valence-electron chi connectivity index (χ4n) is 4.17. The third-order valence-electron chi connectivity index (χ3n) is 5.99. The van der Waals surface area contributed by atoms with Crippen LogP contribution in [0.25, 0.3) is 11.2 Å². The molecule has 0 aliphatic carbocycles. The zero-order valence-corrected chi connectivity index (χ0v) is 18.6. The highest BCUT2D eigenvalue weighted by Gasteiger charge is 2.45. The van der Waals surface area contributed by atoms with Crippen LogP contribution >= 0.6 is 0 Å². The van der Waals surface area contributed by atoms with Crippen molar-refractivity contribution in [2.45, 2.75) is 24.5 Å². The van der Waals surface area contributed by atoms with Crippen LogP contribution in [-0.2, 0) is 9.47 Å². The van der Waals surface area contributed by atoms with Gasteiger partial charge < -0.3 is 35.4 Å². The van der Waals surface area contributed by atoms with Crippen LogP contribution in [0.1, 0.15) is 11.8 Å². The second-order valence-corrected chi connectivity index (χ2v) is 8.22. The van der Waals surface area contributed by atoms with E-state index in [1.807, 2.05) is 24.3 Å². The average Bonchev–Trinajstić information content (AvgIpc) is 3.36. The first kappa shape index (κ1) is 23.2. The Morgan fingerprint density at radius 1 is 1.20 bits per heavy atom. The molecular formula is C21H26N8O6. The molecule has 7 N–H and O–H groups in total. The maximum absolute atomic E-state index is 12.4. The topological polar surface area (TPSA) is 196 Å². The minimum absolute atomic E-state index is 0.0219. The van der Waals surface area contributed by atoms with E-state index < -0.39 is 36.7 Å². The van der Waals surface area contributed by atoms with Crippen LogP contribution in [0.4, 0.5) is 17.6 Å². The van der Waals surface area contributed by atoms with Crippen molar-refractivity contribution in [3.05, 3.63) is 40.2 Å². The van der Waals surface area contributed by atoms with Gasteiger partial charge in [0, 0.05) is 18.8 Å². The molecule has 0 amide bonds. The number of aromatic amines is 1. The molecule has 186 valence electrons. The predicted molar refractivity (Wildman–Crippen MR) is 126 cm³/mol. The van der Waals surface area contributed by atoms with Gasteiger partial charge in [-0.15, -0.1) is 0 Å². The van der Waals surface area contributed by atoms with Crippen molar-refractivity contribution >= 4 is 35.0 Å². The van der Waals surface area contributed by atoms with Gasteiger partial charge in [-0.05, 0) is 17.7 Å². The third-order valence-corrected chi connectivity index (χ3v) is 5.99. The molecule has 2 aliphatic rings. The molecule has 14 heteroatoms. The Labute approximate surface area is 198 Å². The summed E-state index contributed by atoms with van der Waals surface area (Å²) in [6.45, 7) is 2.56. The van der Waals surface area contributed by atoms with Gasteiger partial charge >= 0.3 is 0 Å². The van der Waals surface area contributed by atoms with Crippen LogP contribution in [0, 0.1) is 0 Å². The Morgan fingerprint density at radius 2 is 1.94 bits per heavy atom. The van der Waals surface area contributed by atoms with Gasteiger partial charge in [0.05, 0.1) is 26.0 Å². The van der Waals surface area contributed by atoms with Crippen LogP contribution in [-0.4, -0.2) is 92.3 Å². The maximum Gasteiger partial charge on any atom is 0.280 e. The number of nitrogens with zero attached hydrogens (tertiary/aromatic N) is 5. The molecular weight excluding hydrogens is 460 g/mol. The van der Waals surface area contributed by atoms with Gasteiger partial charge in [0.25, 0.3) is 5.56 Å². The summed E-state index contributed by atoms with van der Waals surface area (Å²) in [7, 11) is 0. The number of aromatic nitrogens is 4. The maximum atomic E-state index is 12.4. The van der Waals surface area contributed by atoms with Crippen molar-refractivity contribution in [3.63, 3.8) is 0 Å². The quantitative estimate of drug-likeness (QED) is 0.177. The molecule has 3 aromatic rings. The first-order valence-corrected chi connectivity index (χ1v) is 11.1. The van der Waals surface area contributed by atoms with Gasteiger partial charge in [-0.1, -0.05) is 12.1 Å². The molecule has 14 nitrogen and oxygen atoms in total. The number of nitrogens with two attached hydrogens (primary N) is 1. The smallest absolute Gasteiger partial charge is 0.280 e. The van der Waals surface area contributed by atoms with Gasteiger partial charge in [-0.2, -0.15) is 10.1 Å². The largest absolute Gasteiger partial charge is 0.394 e. The van der Waals surface area contributed by atoms with E-state index in [1.165, 1.54) is 4.57 Å². The zero-order valence-electron chi connectivity index (χ0n) is 18.6. The summed E-state index contributed by atoms with van der Waals surface area (Å²) in [6.07, 6.45) is -3.46. The number of nitrogen functional groups attached to an aromatic ring is 1. The zero-order chi connectivity index (χ0) is 24.5. The number of fused-ring (bicyclic) bond motifs is 1. The molecule has 1 aromatic carbocycles. The van der Waals surface area contributed by atoms with Crippen molar-refractivity contribution in [2.24, 2.45) is 5.10 Å². The number of rotatable bonds is 6. The molecule has 0 spiro atoms. The van der Waals surface area contributed by atoms with Gasteiger partial charge in [0.1, 0.15) is 18.3 Å². The van der Waals surface area contributed by atoms with Crippen molar-refractivity contribution < 1.29 is 24.8 Å². The van der Waals surface area contributed by atoms with Gasteiger partial charge in [-0.25, -0.2) is 10.4 Å². The average molecular weight is 486 g/mol. The summed E-state index contributed by atoms with van der Waals surface area (Å²) in [5, 5.41) is 34.4. The summed E-state index contributed by atoms with van der Waals surface area (Å²) >= 11 is 0. The normalized spacial score (nSPS) is 25.1. The lowest BCUT2D eigenvalue weighted by molar-refractivity contribution is -0.0501. The molecule has 0 saturated carbocycles. The van der Waals surface area contributed by atoms with E-state index >= 15 is 0 Å². The SMILES string of the molecule is Nc1nc2c(nc(N/N=C\c3ccc(N4CCOCC4)cc3)n2[C@@H]2O[C@@H](CO)[C@@H](O)[C@H]2O)c(=O)[nH]1. The molecule has 4 heterocycles. The Morgan fingerprint density at radius 3 is 2.63 bits per heavy atom. The fourth-order valence-corrected chi connectivity index (χ4v) is 4.17. The molecule has 2 fully saturated rings. The van der Waals surface area contributed by atoms with E-state index in [0.717, 1.165) is 24.3 Å². The lowest BCUT2D eigenvalue weighted by atomic mass is 10.1. The van der Waals surface area contributed by atoms with E-state index in [2.05, 4.69) is 30.4 Å². The van der Waals surface area contributed by atoms with Gasteiger partial charge in [0.2, 0.25) is 11.9 Å². The number of H-pyrrole nitrogens is 1. The fraction of sp³-hybridized carbons (Fsp3) is 0.429. The van der Waals surface area contributed by atoms with E-state index in [0.29, 0.717) is 13.2 Å². The molecule has 4 atom stereocenters. The van der Waals surface area contributed by atoms with Gasteiger partial charge in [-0.3, -0.25) is 14.3 Å². The number of aliphatic hydroxyl groups excluding tert-OH is 3. The minimum atomic E-state index is -1.43. The Hall–Kier alpha value is -3.56. The molecule has 35 heavy (non-hydrogen) atoms. The van der Waals surface area contributed by atoms with Crippen molar-refractivity contribution in [3.8, 4) is 0 Å². The molecule has 5 rings (SSSR count). The highest BCUT2D eigenvalue weighted by atomic mass is 16.6. The summed E-state index contributed by atoms with van der Waals surface area (Å²) < 4.78 is 12.3. The number of ether oxygens (including phenoxy) is 2. The van der Waals surface area contributed by atoms with Crippen molar-refractivity contribution in [1.29, 1.82) is 0 Å². The Bertz CT molecular complexity index is 1270. The summed E-state index contributed by atoms with van der Waals surface area (Å²) in [6, 6.07) is 7.82. The number of imidazole rings is 1. The minimum Gasteiger partial charge on any atom is -0.394 e. The molecule has 0 unspecified atom stereocenters. The highest BCUT2D eigenvalue weighted by Crippen LogP contribution is 2.34. The monoisotopic (exact) mass is 486 g/mol. The van der Waals surface area contributed by atoms with Gasteiger partial charge in [0.15, 0.2) is 17.4 Å². The second-order valence-electron chi connectivity index (χ2n) is 8.22. The number of aliphatic hydroxyl groups is 3. The molecule has 0 radical (unpaired) electrons. The first-order valence-electron chi connectivity index (χ1n) is 11.1. The summed E-state index contributed by atoms with van der Waals surface area (Å²) in [5.41, 5.74) is 9.71. The van der Waals surface area contributed by atoms with E-state index in [-0.39, 0.29) is 23.1 Å². The second kappa shape index (κ2) is 9.59. The van der Waals surface area contributed by atoms with Crippen LogP contribution in [0.2, 0.25) is 0 Å². The van der Waals surface area contributed by atoms with E-state index in [4.69, 9.17) is 15.2 Å². The number of nitrogens with one attached hydrogen (secondary N) is 2. The van der Waals surface area contributed by atoms with Crippen molar-refractivity contribution in [2.75, 3.05) is 49.0 Å². The molecule has 2 saturated heterocycles. The lowest BCUT2D eigenvalue weighted by Gasteiger charge is -2.28. The first-order chi connectivity index (χ1) is 17.0. The van der Waals surface area contributed by atoms with Crippen LogP contribution < -0.4 is 21.6 Å². The van der Waals surface area contributed by atoms with Crippen molar-refractivity contribution in [1.82, 2.24) is 19.5 Å². The lowest BCUT2D eigenvalue weighted by Crippen LogP contribution is -2.36. The molecule has 0 bridgehead atoms. The number of morpholine rings is 1. The summed E-state index contributed by atoms with van der Waals surface area (Å²) in [5.74, 6) is -0.134. The van der Waals surface area contributed by atoms with Crippen LogP contribution in [0.3, 0.4) is 0 Å². The molecule has 2 aliphatic heterocycles. The van der Waals surface area contributed by atoms with E-state index in [9.17, 15) is 20.1 Å². The highest BCUT2D eigenvalue weighted by molar-refractivity contribution is 5.81.